The fraction of sp³-hybridized carbons (Fsp3) is 0.375. The lowest BCUT2D eigenvalue weighted by molar-refractivity contribution is -0.131. The summed E-state index contributed by atoms with van der Waals surface area (Å²) in [5.74, 6) is -0.929. The van der Waals surface area contributed by atoms with Gasteiger partial charge in [-0.1, -0.05) is 31.5 Å². The molecule has 1 unspecified atom stereocenters. The van der Waals surface area contributed by atoms with Crippen LogP contribution in [0.5, 0.6) is 0 Å². The van der Waals surface area contributed by atoms with Crippen LogP contribution in [-0.2, 0) is 9.59 Å². The van der Waals surface area contributed by atoms with Gasteiger partial charge in [-0.25, -0.2) is 4.79 Å². The maximum atomic E-state index is 11.7. The lowest BCUT2D eigenvalue weighted by Gasteiger charge is -2.14. The van der Waals surface area contributed by atoms with Crippen molar-refractivity contribution in [1.29, 1.82) is 0 Å². The minimum atomic E-state index is -0.976. The largest absolute Gasteiger partial charge is 0.478 e. The predicted molar refractivity (Wildman–Crippen MR) is 79.2 cm³/mol. The van der Waals surface area contributed by atoms with E-state index in [2.05, 4.69) is 12.2 Å². The van der Waals surface area contributed by atoms with Gasteiger partial charge < -0.3 is 10.4 Å². The third kappa shape index (κ3) is 5.69. The second-order valence-electron chi connectivity index (χ2n) is 4.73. The molecule has 1 aromatic rings. The van der Waals surface area contributed by atoms with E-state index in [-0.39, 0.29) is 11.9 Å². The van der Waals surface area contributed by atoms with E-state index in [9.17, 15) is 9.59 Å². The first-order valence-electron chi connectivity index (χ1n) is 6.83. The Balaban J connectivity index is 2.68. The molecule has 1 rings (SSSR count). The number of carboxylic acids is 1. The fourth-order valence-corrected chi connectivity index (χ4v) is 1.83. The number of aliphatic carboxylic acids is 1. The zero-order valence-electron chi connectivity index (χ0n) is 11.9. The van der Waals surface area contributed by atoms with Gasteiger partial charge in [0.15, 0.2) is 0 Å². The first kappa shape index (κ1) is 16.0. The Morgan fingerprint density at radius 2 is 2.15 bits per heavy atom. The number of carbonyl (C=O) groups excluding carboxylic acids is 1. The first-order chi connectivity index (χ1) is 9.52. The van der Waals surface area contributed by atoms with E-state index in [1.807, 2.05) is 31.2 Å². The number of nitrogens with one attached hydrogen (secondary N) is 1. The summed E-state index contributed by atoms with van der Waals surface area (Å²) >= 11 is 0. The first-order valence-corrected chi connectivity index (χ1v) is 6.83. The topological polar surface area (TPSA) is 66.4 Å². The number of hydrogen-bond donors (Lipinski definition) is 2. The molecule has 0 heterocycles. The third-order valence-electron chi connectivity index (χ3n) is 2.96. The van der Waals surface area contributed by atoms with Gasteiger partial charge in [-0.2, -0.15) is 0 Å². The number of carbonyl (C=O) groups is 2. The number of carboxylic acid groups (broad SMARTS) is 1. The van der Waals surface area contributed by atoms with E-state index in [1.54, 1.807) is 0 Å². The Kier molecular flexibility index (Phi) is 6.50. The molecule has 0 aliphatic heterocycles. The molecule has 108 valence electrons. The molecule has 0 aliphatic carbocycles. The molecule has 0 radical (unpaired) electrons. The average Bonchev–Trinajstić information content (AvgIpc) is 2.43. The van der Waals surface area contributed by atoms with Crippen molar-refractivity contribution in [1.82, 2.24) is 5.32 Å². The number of unbranched alkanes of at least 4 members (excludes halogenated alkanes) is 1. The van der Waals surface area contributed by atoms with E-state index >= 15 is 0 Å². The number of amides is 1. The standard InChI is InChI=1S/C16H21NO3/c1-3-4-8-15(18)17-12(2)14-7-5-6-13(11-14)9-10-16(19)20/h5-7,9-12H,3-4,8H2,1-2H3,(H,17,18)(H,19,20). The molecule has 1 atom stereocenters. The van der Waals surface area contributed by atoms with Crippen LogP contribution in [0.4, 0.5) is 0 Å². The average molecular weight is 275 g/mol. The smallest absolute Gasteiger partial charge is 0.328 e. The molecule has 0 aromatic heterocycles. The van der Waals surface area contributed by atoms with Crippen LogP contribution < -0.4 is 5.32 Å². The highest BCUT2D eigenvalue weighted by atomic mass is 16.4. The lowest BCUT2D eigenvalue weighted by atomic mass is 10.0. The van der Waals surface area contributed by atoms with Crippen LogP contribution in [0.1, 0.15) is 50.3 Å². The van der Waals surface area contributed by atoms with E-state index in [1.165, 1.54) is 6.08 Å². The Labute approximate surface area is 119 Å². The van der Waals surface area contributed by atoms with Crippen molar-refractivity contribution in [2.24, 2.45) is 0 Å². The molecule has 1 amide bonds. The molecule has 0 spiro atoms. The number of hydrogen-bond acceptors (Lipinski definition) is 2. The van der Waals surface area contributed by atoms with E-state index in [4.69, 9.17) is 5.11 Å². The van der Waals surface area contributed by atoms with Crippen molar-refractivity contribution < 1.29 is 14.7 Å². The van der Waals surface area contributed by atoms with Crippen LogP contribution in [0.2, 0.25) is 0 Å². The second kappa shape index (κ2) is 8.15. The summed E-state index contributed by atoms with van der Waals surface area (Å²) in [6, 6.07) is 7.39. The van der Waals surface area contributed by atoms with Crippen molar-refractivity contribution >= 4 is 18.0 Å². The van der Waals surface area contributed by atoms with Crippen LogP contribution in [0, 0.1) is 0 Å². The minimum absolute atomic E-state index is 0.0471. The summed E-state index contributed by atoms with van der Waals surface area (Å²) in [5, 5.41) is 11.6. The molecular weight excluding hydrogens is 254 g/mol. The maximum Gasteiger partial charge on any atom is 0.328 e. The highest BCUT2D eigenvalue weighted by Gasteiger charge is 2.09. The molecule has 0 saturated heterocycles. The molecule has 20 heavy (non-hydrogen) atoms. The van der Waals surface area contributed by atoms with Gasteiger partial charge in [-0.3, -0.25) is 4.79 Å². The van der Waals surface area contributed by atoms with Gasteiger partial charge in [-0.05, 0) is 36.6 Å². The van der Waals surface area contributed by atoms with E-state index in [0.717, 1.165) is 30.0 Å². The Bertz CT molecular complexity index is 494. The summed E-state index contributed by atoms with van der Waals surface area (Å²) < 4.78 is 0. The van der Waals surface area contributed by atoms with Gasteiger partial charge in [0.1, 0.15) is 0 Å². The van der Waals surface area contributed by atoms with Crippen molar-refractivity contribution in [2.45, 2.75) is 39.2 Å². The quantitative estimate of drug-likeness (QED) is 0.751. The minimum Gasteiger partial charge on any atom is -0.478 e. The zero-order chi connectivity index (χ0) is 15.0. The Morgan fingerprint density at radius 3 is 2.80 bits per heavy atom. The number of benzene rings is 1. The lowest BCUT2D eigenvalue weighted by Crippen LogP contribution is -2.26. The molecule has 0 bridgehead atoms. The summed E-state index contributed by atoms with van der Waals surface area (Å²) in [7, 11) is 0. The predicted octanol–water partition coefficient (Wildman–Crippen LogP) is 3.15. The highest BCUT2D eigenvalue weighted by Crippen LogP contribution is 2.15. The number of rotatable bonds is 7. The van der Waals surface area contributed by atoms with E-state index in [0.29, 0.717) is 6.42 Å². The Morgan fingerprint density at radius 1 is 1.40 bits per heavy atom. The van der Waals surface area contributed by atoms with Gasteiger partial charge in [0.2, 0.25) is 5.91 Å². The van der Waals surface area contributed by atoms with Gasteiger partial charge >= 0.3 is 5.97 Å². The van der Waals surface area contributed by atoms with Crippen LogP contribution in [0.25, 0.3) is 6.08 Å². The van der Waals surface area contributed by atoms with Gasteiger partial charge in [0, 0.05) is 12.5 Å². The molecule has 0 fully saturated rings. The Hall–Kier alpha value is -2.10. The van der Waals surface area contributed by atoms with Crippen molar-refractivity contribution in [3.05, 3.63) is 41.5 Å². The monoisotopic (exact) mass is 275 g/mol. The molecule has 0 saturated carbocycles. The summed E-state index contributed by atoms with van der Waals surface area (Å²) in [4.78, 5) is 22.2. The van der Waals surface area contributed by atoms with Crippen molar-refractivity contribution in [3.8, 4) is 0 Å². The normalized spacial score (nSPS) is 12.3. The van der Waals surface area contributed by atoms with Crippen LogP contribution in [0.15, 0.2) is 30.3 Å². The fourth-order valence-electron chi connectivity index (χ4n) is 1.83. The highest BCUT2D eigenvalue weighted by molar-refractivity contribution is 5.85. The maximum absolute atomic E-state index is 11.7. The molecule has 4 nitrogen and oxygen atoms in total. The molecule has 0 aliphatic rings. The van der Waals surface area contributed by atoms with Crippen LogP contribution in [0.3, 0.4) is 0 Å². The summed E-state index contributed by atoms with van der Waals surface area (Å²) in [6.45, 7) is 3.97. The van der Waals surface area contributed by atoms with Crippen LogP contribution >= 0.6 is 0 Å². The molecular formula is C16H21NO3. The van der Waals surface area contributed by atoms with Crippen molar-refractivity contribution in [2.75, 3.05) is 0 Å². The van der Waals surface area contributed by atoms with Gasteiger partial charge in [0.05, 0.1) is 6.04 Å². The second-order valence-corrected chi connectivity index (χ2v) is 4.73. The SMILES string of the molecule is CCCCC(=O)NC(C)c1cccc(C=CC(=O)O)c1. The zero-order valence-corrected chi connectivity index (χ0v) is 11.9. The summed E-state index contributed by atoms with van der Waals surface area (Å²) in [6.07, 6.45) is 5.07. The summed E-state index contributed by atoms with van der Waals surface area (Å²) in [5.41, 5.74) is 1.77. The van der Waals surface area contributed by atoms with E-state index < -0.39 is 5.97 Å². The van der Waals surface area contributed by atoms with Gasteiger partial charge in [0.25, 0.3) is 0 Å². The third-order valence-corrected chi connectivity index (χ3v) is 2.96. The van der Waals surface area contributed by atoms with Crippen molar-refractivity contribution in [3.63, 3.8) is 0 Å². The molecule has 4 heteroatoms. The van der Waals surface area contributed by atoms with Crippen LogP contribution in [-0.4, -0.2) is 17.0 Å². The molecule has 1 aromatic carbocycles. The van der Waals surface area contributed by atoms with Gasteiger partial charge in [-0.15, -0.1) is 0 Å². The molecule has 2 N–H and O–H groups in total.